The van der Waals surface area contributed by atoms with Crippen molar-refractivity contribution in [2.24, 2.45) is 5.84 Å². The molecular weight excluding hydrogens is 312 g/mol. The fourth-order valence-corrected chi connectivity index (χ4v) is 3.53. The van der Waals surface area contributed by atoms with Gasteiger partial charge in [-0.1, -0.05) is 6.92 Å². The lowest BCUT2D eigenvalue weighted by Gasteiger charge is -2.16. The number of nitrogens with zero attached hydrogens (tertiary/aromatic N) is 2. The summed E-state index contributed by atoms with van der Waals surface area (Å²) in [7, 11) is 0. The van der Waals surface area contributed by atoms with E-state index in [0.717, 1.165) is 34.4 Å². The molecule has 0 aliphatic rings. The van der Waals surface area contributed by atoms with Crippen LogP contribution in [0, 0.1) is 0 Å². The van der Waals surface area contributed by atoms with Crippen molar-refractivity contribution >= 4 is 27.3 Å². The van der Waals surface area contributed by atoms with E-state index in [4.69, 9.17) is 5.84 Å². The summed E-state index contributed by atoms with van der Waals surface area (Å²) in [6.45, 7) is 5.04. The van der Waals surface area contributed by atoms with E-state index < -0.39 is 0 Å². The SMILES string of the molecule is CCc1cc(C(NN)c2cscc2Br)n(CC)n1. The minimum absolute atomic E-state index is 0.0293. The molecule has 0 aliphatic carbocycles. The van der Waals surface area contributed by atoms with Crippen LogP contribution in [-0.4, -0.2) is 9.78 Å². The van der Waals surface area contributed by atoms with Crippen molar-refractivity contribution in [3.8, 4) is 0 Å². The maximum absolute atomic E-state index is 5.73. The lowest BCUT2D eigenvalue weighted by atomic mass is 10.1. The number of hydrogen-bond donors (Lipinski definition) is 2. The number of hydrazine groups is 1. The second kappa shape index (κ2) is 5.97. The largest absolute Gasteiger partial charge is 0.271 e. The molecule has 0 saturated heterocycles. The van der Waals surface area contributed by atoms with Crippen molar-refractivity contribution in [3.63, 3.8) is 0 Å². The summed E-state index contributed by atoms with van der Waals surface area (Å²) in [5.41, 5.74) is 6.25. The second-order valence-corrected chi connectivity index (χ2v) is 5.60. The average molecular weight is 329 g/mol. The Hall–Kier alpha value is -0.690. The van der Waals surface area contributed by atoms with Crippen molar-refractivity contribution in [1.82, 2.24) is 15.2 Å². The highest BCUT2D eigenvalue weighted by Crippen LogP contribution is 2.31. The molecule has 2 aromatic heterocycles. The van der Waals surface area contributed by atoms with Gasteiger partial charge in [-0.15, -0.1) is 0 Å². The second-order valence-electron chi connectivity index (χ2n) is 4.00. The molecule has 0 fully saturated rings. The Bertz CT molecular complexity index is 520. The van der Waals surface area contributed by atoms with Crippen molar-refractivity contribution in [2.45, 2.75) is 32.9 Å². The molecule has 2 rings (SSSR count). The van der Waals surface area contributed by atoms with Gasteiger partial charge in [0.15, 0.2) is 0 Å². The first-order valence-electron chi connectivity index (χ1n) is 5.95. The summed E-state index contributed by atoms with van der Waals surface area (Å²) in [6.07, 6.45) is 0.933. The predicted octanol–water partition coefficient (Wildman–Crippen LogP) is 2.84. The van der Waals surface area contributed by atoms with Gasteiger partial charge in [-0.05, 0) is 40.7 Å². The van der Waals surface area contributed by atoms with E-state index >= 15 is 0 Å². The molecule has 0 saturated carbocycles. The van der Waals surface area contributed by atoms with Gasteiger partial charge >= 0.3 is 0 Å². The molecule has 0 radical (unpaired) electrons. The van der Waals surface area contributed by atoms with E-state index in [9.17, 15) is 0 Å². The van der Waals surface area contributed by atoms with Crippen LogP contribution in [0.3, 0.4) is 0 Å². The third-order valence-corrected chi connectivity index (χ3v) is 4.69. The molecule has 0 aliphatic heterocycles. The Morgan fingerprint density at radius 2 is 2.28 bits per heavy atom. The smallest absolute Gasteiger partial charge is 0.0897 e. The van der Waals surface area contributed by atoms with Crippen LogP contribution in [0.25, 0.3) is 0 Å². The number of aromatic nitrogens is 2. The molecule has 3 N–H and O–H groups in total. The highest BCUT2D eigenvalue weighted by Gasteiger charge is 2.20. The Kier molecular flexibility index (Phi) is 4.55. The first-order valence-corrected chi connectivity index (χ1v) is 7.69. The summed E-state index contributed by atoms with van der Waals surface area (Å²) >= 11 is 5.22. The zero-order valence-corrected chi connectivity index (χ0v) is 12.9. The third-order valence-electron chi connectivity index (χ3n) is 2.94. The molecule has 2 heterocycles. The number of hydrogen-bond acceptors (Lipinski definition) is 4. The summed E-state index contributed by atoms with van der Waals surface area (Å²) in [6, 6.07) is 2.09. The van der Waals surface area contributed by atoms with E-state index in [-0.39, 0.29) is 6.04 Å². The highest BCUT2D eigenvalue weighted by molar-refractivity contribution is 9.10. The van der Waals surface area contributed by atoms with Gasteiger partial charge in [0.1, 0.15) is 0 Å². The van der Waals surface area contributed by atoms with E-state index in [1.54, 1.807) is 11.3 Å². The normalized spacial score (nSPS) is 12.9. The molecule has 1 unspecified atom stereocenters. The Balaban J connectivity index is 2.44. The topological polar surface area (TPSA) is 55.9 Å². The average Bonchev–Trinajstić information content (AvgIpc) is 2.98. The molecule has 0 bridgehead atoms. The van der Waals surface area contributed by atoms with Gasteiger partial charge in [0, 0.05) is 22.0 Å². The minimum atomic E-state index is -0.0293. The van der Waals surface area contributed by atoms with Gasteiger partial charge in [-0.25, -0.2) is 5.43 Å². The van der Waals surface area contributed by atoms with Crippen LogP contribution in [0.1, 0.15) is 36.8 Å². The summed E-state index contributed by atoms with van der Waals surface area (Å²) in [4.78, 5) is 0. The number of aryl methyl sites for hydroxylation is 2. The zero-order valence-electron chi connectivity index (χ0n) is 10.5. The van der Waals surface area contributed by atoms with Crippen LogP contribution in [0.4, 0.5) is 0 Å². The summed E-state index contributed by atoms with van der Waals surface area (Å²) < 4.78 is 3.09. The number of halogens is 1. The predicted molar refractivity (Wildman–Crippen MR) is 78.5 cm³/mol. The van der Waals surface area contributed by atoms with E-state index in [1.807, 2.05) is 4.68 Å². The Labute approximate surface area is 119 Å². The lowest BCUT2D eigenvalue weighted by Crippen LogP contribution is -2.30. The zero-order chi connectivity index (χ0) is 13.1. The molecule has 1 atom stereocenters. The lowest BCUT2D eigenvalue weighted by molar-refractivity contribution is 0.541. The number of thiophene rings is 1. The molecular formula is C12H17BrN4S. The molecule has 18 heavy (non-hydrogen) atoms. The molecule has 98 valence electrons. The van der Waals surface area contributed by atoms with Gasteiger partial charge in [0.05, 0.1) is 17.4 Å². The van der Waals surface area contributed by atoms with Crippen molar-refractivity contribution in [2.75, 3.05) is 0 Å². The van der Waals surface area contributed by atoms with Gasteiger partial charge in [0.25, 0.3) is 0 Å². The summed E-state index contributed by atoms with van der Waals surface area (Å²) in [5, 5.41) is 8.73. The van der Waals surface area contributed by atoms with E-state index in [0.29, 0.717) is 0 Å². The Morgan fingerprint density at radius 1 is 1.50 bits per heavy atom. The first kappa shape index (κ1) is 13.7. The quantitative estimate of drug-likeness (QED) is 0.655. The molecule has 4 nitrogen and oxygen atoms in total. The molecule has 6 heteroatoms. The standard InChI is InChI=1S/C12H17BrN4S/c1-3-8-5-11(17(4-2)16-8)12(15-14)9-6-18-7-10(9)13/h5-7,12,15H,3-4,14H2,1-2H3. The van der Waals surface area contributed by atoms with Crippen LogP contribution in [0.5, 0.6) is 0 Å². The number of rotatable bonds is 5. The minimum Gasteiger partial charge on any atom is -0.271 e. The fourth-order valence-electron chi connectivity index (χ4n) is 1.98. The molecule has 0 aromatic carbocycles. The van der Waals surface area contributed by atoms with Gasteiger partial charge in [0.2, 0.25) is 0 Å². The maximum Gasteiger partial charge on any atom is 0.0897 e. The van der Waals surface area contributed by atoms with Crippen molar-refractivity contribution in [1.29, 1.82) is 0 Å². The van der Waals surface area contributed by atoms with Crippen LogP contribution >= 0.6 is 27.3 Å². The van der Waals surface area contributed by atoms with E-state index in [2.05, 4.69) is 57.1 Å². The van der Waals surface area contributed by atoms with Gasteiger partial charge in [-0.2, -0.15) is 16.4 Å². The molecule has 0 spiro atoms. The first-order chi connectivity index (χ1) is 8.71. The maximum atomic E-state index is 5.73. The fraction of sp³-hybridized carbons (Fsp3) is 0.417. The number of nitrogens with one attached hydrogen (secondary N) is 1. The third kappa shape index (κ3) is 2.51. The summed E-state index contributed by atoms with van der Waals surface area (Å²) in [5.74, 6) is 5.73. The van der Waals surface area contributed by atoms with Gasteiger partial charge in [-0.3, -0.25) is 10.5 Å². The van der Waals surface area contributed by atoms with Crippen molar-refractivity contribution < 1.29 is 0 Å². The van der Waals surface area contributed by atoms with Crippen molar-refractivity contribution in [3.05, 3.63) is 38.3 Å². The molecule has 2 aromatic rings. The van der Waals surface area contributed by atoms with Crippen LogP contribution in [0.2, 0.25) is 0 Å². The molecule has 0 amide bonds. The van der Waals surface area contributed by atoms with Gasteiger partial charge < -0.3 is 0 Å². The van der Waals surface area contributed by atoms with Crippen LogP contribution < -0.4 is 11.3 Å². The highest BCUT2D eigenvalue weighted by atomic mass is 79.9. The monoisotopic (exact) mass is 328 g/mol. The Morgan fingerprint density at radius 3 is 2.78 bits per heavy atom. The van der Waals surface area contributed by atoms with Crippen LogP contribution in [0.15, 0.2) is 21.3 Å². The number of nitrogens with two attached hydrogens (primary N) is 1. The van der Waals surface area contributed by atoms with E-state index in [1.165, 1.54) is 0 Å². The van der Waals surface area contributed by atoms with Crippen LogP contribution in [-0.2, 0) is 13.0 Å².